The minimum Gasteiger partial charge on any atom is -0.312 e. The lowest BCUT2D eigenvalue weighted by molar-refractivity contribution is -0.140. The van der Waals surface area contributed by atoms with Crippen molar-refractivity contribution >= 4 is 40.0 Å². The second-order valence-electron chi connectivity index (χ2n) is 5.60. The molecule has 0 radical (unpaired) electrons. The number of amides is 2. The molecular weight excluding hydrogens is 367 g/mol. The van der Waals surface area contributed by atoms with Crippen LogP contribution in [0.3, 0.4) is 0 Å². The fraction of sp³-hybridized carbons (Fsp3) is 0.235. The third kappa shape index (κ3) is 4.29. The van der Waals surface area contributed by atoms with Crippen LogP contribution in [0.15, 0.2) is 35.7 Å². The number of hydrogen-bond donors (Lipinski definition) is 1. The highest BCUT2D eigenvalue weighted by Gasteiger charge is 2.33. The second kappa shape index (κ2) is 7.28. The zero-order valence-electron chi connectivity index (χ0n) is 13.4. The Bertz CT molecular complexity index is 844. The van der Waals surface area contributed by atoms with Crippen LogP contribution in [0.4, 0.5) is 24.0 Å². The topological polar surface area (TPSA) is 62.3 Å². The Hall–Kier alpha value is -2.68. The highest BCUT2D eigenvalue weighted by molar-refractivity contribution is 7.14. The summed E-state index contributed by atoms with van der Waals surface area (Å²) in [6.07, 6.45) is -0.399. The molecule has 3 rings (SSSR count). The minimum atomic E-state index is -4.53. The molecule has 1 aliphatic rings. The van der Waals surface area contributed by atoms with Crippen LogP contribution in [0.25, 0.3) is 6.08 Å². The fourth-order valence-electron chi connectivity index (χ4n) is 2.47. The molecule has 0 aliphatic carbocycles. The number of rotatable bonds is 4. The SMILES string of the molecule is O=C(/C=C/c1ccc(N2CCCC2=O)cc1)Nc1nc(C(F)(F)F)cs1. The molecule has 26 heavy (non-hydrogen) atoms. The molecule has 5 nitrogen and oxygen atoms in total. The van der Waals surface area contributed by atoms with Crippen molar-refractivity contribution in [3.05, 3.63) is 47.0 Å². The zero-order chi connectivity index (χ0) is 18.7. The van der Waals surface area contributed by atoms with Crippen LogP contribution in [0.2, 0.25) is 0 Å². The van der Waals surface area contributed by atoms with E-state index in [1.165, 1.54) is 12.2 Å². The molecular formula is C17H14F3N3O2S. The number of alkyl halides is 3. The molecule has 9 heteroatoms. The van der Waals surface area contributed by atoms with Gasteiger partial charge in [-0.15, -0.1) is 11.3 Å². The Labute approximate surface area is 151 Å². The molecule has 0 spiro atoms. The summed E-state index contributed by atoms with van der Waals surface area (Å²) >= 11 is 0.708. The summed E-state index contributed by atoms with van der Waals surface area (Å²) < 4.78 is 37.4. The van der Waals surface area contributed by atoms with Crippen LogP contribution in [-0.4, -0.2) is 23.3 Å². The van der Waals surface area contributed by atoms with Gasteiger partial charge in [-0.2, -0.15) is 13.2 Å². The molecule has 136 valence electrons. The zero-order valence-corrected chi connectivity index (χ0v) is 14.2. The molecule has 1 N–H and O–H groups in total. The second-order valence-corrected chi connectivity index (χ2v) is 6.46. The predicted octanol–water partition coefficient (Wildman–Crippen LogP) is 3.94. The van der Waals surface area contributed by atoms with Gasteiger partial charge in [-0.05, 0) is 30.2 Å². The van der Waals surface area contributed by atoms with Crippen molar-refractivity contribution < 1.29 is 22.8 Å². The van der Waals surface area contributed by atoms with Crippen molar-refractivity contribution in [1.82, 2.24) is 4.98 Å². The minimum absolute atomic E-state index is 0.0920. The van der Waals surface area contributed by atoms with E-state index in [0.29, 0.717) is 24.3 Å². The van der Waals surface area contributed by atoms with Gasteiger partial charge in [-0.1, -0.05) is 12.1 Å². The van der Waals surface area contributed by atoms with Crippen LogP contribution in [0.5, 0.6) is 0 Å². The third-order valence-electron chi connectivity index (χ3n) is 3.73. The predicted molar refractivity (Wildman–Crippen MR) is 92.8 cm³/mol. The number of aromatic nitrogens is 1. The maximum atomic E-state index is 12.5. The molecule has 2 amide bonds. The highest BCUT2D eigenvalue weighted by atomic mass is 32.1. The lowest BCUT2D eigenvalue weighted by Gasteiger charge is -2.15. The van der Waals surface area contributed by atoms with E-state index in [2.05, 4.69) is 10.3 Å². The van der Waals surface area contributed by atoms with Crippen LogP contribution in [0, 0.1) is 0 Å². The first kappa shape index (κ1) is 18.1. The van der Waals surface area contributed by atoms with Gasteiger partial charge < -0.3 is 4.90 Å². The smallest absolute Gasteiger partial charge is 0.312 e. The van der Waals surface area contributed by atoms with Crippen molar-refractivity contribution in [1.29, 1.82) is 0 Å². The van der Waals surface area contributed by atoms with Gasteiger partial charge in [0.15, 0.2) is 10.8 Å². The van der Waals surface area contributed by atoms with Crippen molar-refractivity contribution in [2.45, 2.75) is 19.0 Å². The van der Waals surface area contributed by atoms with Crippen LogP contribution >= 0.6 is 11.3 Å². The molecule has 2 heterocycles. The van der Waals surface area contributed by atoms with Gasteiger partial charge in [0.2, 0.25) is 11.8 Å². The van der Waals surface area contributed by atoms with Gasteiger partial charge in [0, 0.05) is 30.1 Å². The lowest BCUT2D eigenvalue weighted by Crippen LogP contribution is -2.23. The standard InChI is InChI=1S/C17H14F3N3O2S/c18-17(19,20)13-10-26-16(21-13)22-14(24)8-5-11-3-6-12(7-4-11)23-9-1-2-15(23)25/h3-8,10H,1-2,9H2,(H,21,22,24)/b8-5+. The summed E-state index contributed by atoms with van der Waals surface area (Å²) in [6, 6.07) is 7.10. The van der Waals surface area contributed by atoms with Crippen molar-refractivity contribution in [3.63, 3.8) is 0 Å². The van der Waals surface area contributed by atoms with Gasteiger partial charge in [-0.3, -0.25) is 14.9 Å². The van der Waals surface area contributed by atoms with Gasteiger partial charge in [-0.25, -0.2) is 4.98 Å². The van der Waals surface area contributed by atoms with Crippen LogP contribution < -0.4 is 10.2 Å². The highest BCUT2D eigenvalue weighted by Crippen LogP contribution is 2.31. The van der Waals surface area contributed by atoms with Gasteiger partial charge in [0.1, 0.15) is 0 Å². The number of benzene rings is 1. The van der Waals surface area contributed by atoms with Crippen molar-refractivity contribution in [2.75, 3.05) is 16.8 Å². The molecule has 1 fully saturated rings. The van der Waals surface area contributed by atoms with E-state index in [4.69, 9.17) is 0 Å². The summed E-state index contributed by atoms with van der Waals surface area (Å²) in [7, 11) is 0. The summed E-state index contributed by atoms with van der Waals surface area (Å²) in [5.74, 6) is -0.485. The Morgan fingerprint density at radius 3 is 2.58 bits per heavy atom. The van der Waals surface area contributed by atoms with E-state index in [1.54, 1.807) is 29.2 Å². The Kier molecular flexibility index (Phi) is 5.08. The quantitative estimate of drug-likeness (QED) is 0.816. The largest absolute Gasteiger partial charge is 0.434 e. The number of hydrogen-bond acceptors (Lipinski definition) is 4. The maximum Gasteiger partial charge on any atom is 0.434 e. The Balaban J connectivity index is 1.59. The number of halogens is 3. The molecule has 0 unspecified atom stereocenters. The first-order chi connectivity index (χ1) is 12.3. The Morgan fingerprint density at radius 2 is 2.00 bits per heavy atom. The first-order valence-corrected chi connectivity index (χ1v) is 8.63. The number of carbonyl (C=O) groups is 2. The van der Waals surface area contributed by atoms with E-state index in [1.807, 2.05) is 0 Å². The fourth-order valence-corrected chi connectivity index (χ4v) is 3.19. The maximum absolute atomic E-state index is 12.5. The van der Waals surface area contributed by atoms with E-state index in [9.17, 15) is 22.8 Å². The summed E-state index contributed by atoms with van der Waals surface area (Å²) in [5, 5.41) is 3.02. The van der Waals surface area contributed by atoms with E-state index in [0.717, 1.165) is 23.1 Å². The molecule has 0 saturated carbocycles. The number of carbonyl (C=O) groups excluding carboxylic acids is 2. The van der Waals surface area contributed by atoms with Crippen molar-refractivity contribution in [2.24, 2.45) is 0 Å². The molecule has 1 aromatic heterocycles. The molecule has 2 aromatic rings. The van der Waals surface area contributed by atoms with Crippen molar-refractivity contribution in [3.8, 4) is 0 Å². The Morgan fingerprint density at radius 1 is 1.27 bits per heavy atom. The number of anilines is 2. The number of nitrogens with zero attached hydrogens (tertiary/aromatic N) is 2. The normalized spacial score (nSPS) is 15.0. The van der Waals surface area contributed by atoms with E-state index < -0.39 is 17.8 Å². The van der Waals surface area contributed by atoms with Gasteiger partial charge in [0.25, 0.3) is 0 Å². The molecule has 0 atom stereocenters. The molecule has 1 saturated heterocycles. The molecule has 1 aliphatic heterocycles. The van der Waals surface area contributed by atoms with Gasteiger partial charge in [0.05, 0.1) is 0 Å². The number of nitrogens with one attached hydrogen (secondary N) is 1. The molecule has 0 bridgehead atoms. The average Bonchev–Trinajstić information content (AvgIpc) is 3.22. The molecule has 1 aromatic carbocycles. The van der Waals surface area contributed by atoms with Gasteiger partial charge >= 0.3 is 6.18 Å². The van der Waals surface area contributed by atoms with Crippen LogP contribution in [-0.2, 0) is 15.8 Å². The van der Waals surface area contributed by atoms with Crippen LogP contribution in [0.1, 0.15) is 24.1 Å². The van der Waals surface area contributed by atoms with E-state index in [-0.39, 0.29) is 11.0 Å². The first-order valence-electron chi connectivity index (χ1n) is 7.75. The summed E-state index contributed by atoms with van der Waals surface area (Å²) in [5.41, 5.74) is 0.496. The summed E-state index contributed by atoms with van der Waals surface area (Å²) in [4.78, 5) is 28.5. The lowest BCUT2D eigenvalue weighted by atomic mass is 10.2. The van der Waals surface area contributed by atoms with E-state index >= 15 is 0 Å². The number of thiazole rings is 1. The third-order valence-corrected chi connectivity index (χ3v) is 4.49. The monoisotopic (exact) mass is 381 g/mol. The summed E-state index contributed by atoms with van der Waals surface area (Å²) in [6.45, 7) is 0.699. The average molecular weight is 381 g/mol.